The van der Waals surface area contributed by atoms with E-state index in [9.17, 15) is 15.3 Å². The Balaban J connectivity index is 0.880. The summed E-state index contributed by atoms with van der Waals surface area (Å²) < 4.78 is 14.0. The average molecular weight is 713 g/mol. The number of fused-ring (bicyclic) bond motifs is 9. The third-order valence-corrected chi connectivity index (χ3v) is 15.8. The number of hydrogen-bond donors (Lipinski definition) is 3. The van der Waals surface area contributed by atoms with Crippen molar-refractivity contribution in [3.05, 3.63) is 34.9 Å². The molecular formula is C40H64N4O5S. The lowest BCUT2D eigenvalue weighted by molar-refractivity contribution is -0.0643. The first kappa shape index (κ1) is 36.8. The molecule has 50 heavy (non-hydrogen) atoms. The molecule has 3 N–H and O–H groups in total. The van der Waals surface area contributed by atoms with E-state index in [1.54, 1.807) is 12.5 Å². The first-order valence-corrected chi connectivity index (χ1v) is 20.9. The van der Waals surface area contributed by atoms with Gasteiger partial charge >= 0.3 is 0 Å². The molecular weight excluding hydrogens is 649 g/mol. The van der Waals surface area contributed by atoms with E-state index in [1.807, 2.05) is 10.9 Å². The van der Waals surface area contributed by atoms with Crippen molar-refractivity contribution in [3.63, 3.8) is 0 Å². The summed E-state index contributed by atoms with van der Waals surface area (Å²) in [5, 5.41) is 37.9. The van der Waals surface area contributed by atoms with Crippen LogP contribution in [0.4, 0.5) is 0 Å². The monoisotopic (exact) mass is 712 g/mol. The summed E-state index contributed by atoms with van der Waals surface area (Å²) in [6.45, 7) is 16.4. The fourth-order valence-corrected chi connectivity index (χ4v) is 13.1. The Morgan fingerprint density at radius 3 is 2.70 bits per heavy atom. The molecule has 2 aliphatic heterocycles. The summed E-state index contributed by atoms with van der Waals surface area (Å²) >= 11 is 1.27. The first-order chi connectivity index (χ1) is 23.9. The van der Waals surface area contributed by atoms with E-state index in [0.29, 0.717) is 22.7 Å². The highest BCUT2D eigenvalue weighted by atomic mass is 32.2. The first-order valence-electron chi connectivity index (χ1n) is 19.9. The van der Waals surface area contributed by atoms with Gasteiger partial charge in [0.15, 0.2) is 5.09 Å². The molecule has 3 heterocycles. The highest BCUT2D eigenvalue weighted by molar-refractivity contribution is 8.02. The minimum Gasteiger partial charge on any atom is -0.511 e. The molecule has 0 spiro atoms. The Morgan fingerprint density at radius 2 is 1.92 bits per heavy atom. The second-order valence-electron chi connectivity index (χ2n) is 17.8. The average Bonchev–Trinajstić information content (AvgIpc) is 3.76. The van der Waals surface area contributed by atoms with Gasteiger partial charge in [-0.05, 0) is 124 Å². The number of hydrogen-bond acceptors (Lipinski definition) is 9. The molecule has 0 radical (unpaired) electrons. The third kappa shape index (κ3) is 6.71. The maximum Gasteiger partial charge on any atom is 0.188 e. The highest BCUT2D eigenvalue weighted by Crippen LogP contribution is 2.70. The molecule has 5 fully saturated rings. The lowest BCUT2D eigenvalue weighted by atomic mass is 9.47. The van der Waals surface area contributed by atoms with Crippen molar-refractivity contribution < 1.29 is 24.8 Å². The summed E-state index contributed by atoms with van der Waals surface area (Å²) in [6, 6.07) is 1.68. The molecule has 7 rings (SSSR count). The van der Waals surface area contributed by atoms with Crippen LogP contribution in [-0.4, -0.2) is 84.9 Å². The van der Waals surface area contributed by atoms with Gasteiger partial charge in [0, 0.05) is 43.7 Å². The third-order valence-electron chi connectivity index (χ3n) is 14.9. The van der Waals surface area contributed by atoms with Gasteiger partial charge in [-0.1, -0.05) is 56.3 Å². The molecule has 9 nitrogen and oxygen atoms in total. The van der Waals surface area contributed by atoms with Crippen LogP contribution in [0.3, 0.4) is 0 Å². The number of nitrogens with zero attached hydrogens (tertiary/aromatic N) is 4. The van der Waals surface area contributed by atoms with Gasteiger partial charge in [0.05, 0.1) is 17.9 Å². The summed E-state index contributed by atoms with van der Waals surface area (Å²) in [4.78, 5) is 3.02. The number of rotatable bonds is 12. The Bertz CT molecular complexity index is 1400. The zero-order chi connectivity index (χ0) is 35.4. The molecule has 0 amide bonds. The molecule has 0 bridgehead atoms. The van der Waals surface area contributed by atoms with Gasteiger partial charge < -0.3 is 24.8 Å². The van der Waals surface area contributed by atoms with Crippen molar-refractivity contribution in [1.82, 2.24) is 19.9 Å². The second-order valence-corrected chi connectivity index (χ2v) is 18.8. The summed E-state index contributed by atoms with van der Waals surface area (Å²) in [5.74, 6) is 5.67. The van der Waals surface area contributed by atoms with Crippen molar-refractivity contribution in [2.75, 3.05) is 13.2 Å². The zero-order valence-electron chi connectivity index (χ0n) is 31.4. The van der Waals surface area contributed by atoms with Crippen LogP contribution >= 0.6 is 11.8 Å². The van der Waals surface area contributed by atoms with Crippen LogP contribution in [0, 0.1) is 46.3 Å². The number of piperidine rings is 1. The van der Waals surface area contributed by atoms with Crippen LogP contribution in [0.25, 0.3) is 0 Å². The number of aliphatic hydroxyl groups is 3. The molecule has 10 heteroatoms. The molecule has 280 valence electrons. The SMILES string of the molecule is CC(O/C(=C/O)SCc1cn(CCCO[C@H]2CC[C@@]3(C)C(=CCC4C5CC6C([C@H](C)C7CC[C@H](C)CN67)[C@@]5(C)CCC43)C2)nn1)[C@H](O)[C@@H](C)O. The van der Waals surface area contributed by atoms with Crippen LogP contribution in [0.1, 0.15) is 111 Å². The van der Waals surface area contributed by atoms with E-state index in [4.69, 9.17) is 9.47 Å². The molecule has 1 aromatic rings. The molecule has 14 atom stereocenters. The summed E-state index contributed by atoms with van der Waals surface area (Å²) in [6.07, 6.45) is 16.0. The number of thioether (sulfide) groups is 1. The smallest absolute Gasteiger partial charge is 0.188 e. The van der Waals surface area contributed by atoms with E-state index in [0.717, 1.165) is 92.0 Å². The van der Waals surface area contributed by atoms with E-state index < -0.39 is 18.3 Å². The number of aliphatic hydroxyl groups excluding tert-OH is 3. The van der Waals surface area contributed by atoms with Gasteiger partial charge in [-0.25, -0.2) is 0 Å². The maximum atomic E-state index is 9.98. The molecule has 4 aliphatic carbocycles. The van der Waals surface area contributed by atoms with Crippen molar-refractivity contribution in [3.8, 4) is 0 Å². The van der Waals surface area contributed by atoms with Gasteiger partial charge in [0.25, 0.3) is 0 Å². The fraction of sp³-hybridized carbons (Fsp3) is 0.850. The van der Waals surface area contributed by atoms with E-state index >= 15 is 0 Å². The summed E-state index contributed by atoms with van der Waals surface area (Å²) in [7, 11) is 0. The van der Waals surface area contributed by atoms with Crippen molar-refractivity contribution in [1.29, 1.82) is 0 Å². The number of ether oxygens (including phenoxy) is 2. The Labute approximate surface area is 304 Å². The molecule has 6 aliphatic rings. The minimum absolute atomic E-state index is 0.259. The van der Waals surface area contributed by atoms with Gasteiger partial charge in [-0.3, -0.25) is 9.58 Å². The standard InChI is InChI=1S/C40H64N4O5S/c1-24-8-11-34-25(2)37-35(44(34)20-24)19-33-31-10-9-28-18-30(12-14-39(28,5)32(31)13-15-40(33,37)6)48-17-7-16-43-21-29(41-42-43)23-50-36(22-45)49-27(4)38(47)26(3)46/h9,21-22,24-27,30-35,37-38,45-47H,7-8,10-20,23H2,1-6H3/b36-22-/t24-,25+,26+,27?,30-,31?,32?,33?,34?,35?,37?,38+,39-,40-/m0/s1. The van der Waals surface area contributed by atoms with E-state index in [2.05, 4.69) is 49.0 Å². The van der Waals surface area contributed by atoms with E-state index in [1.165, 1.54) is 70.2 Å². The van der Waals surface area contributed by atoms with Crippen LogP contribution in [0.2, 0.25) is 0 Å². The maximum absolute atomic E-state index is 9.98. The van der Waals surface area contributed by atoms with Crippen LogP contribution in [0.5, 0.6) is 0 Å². The lowest BCUT2D eigenvalue weighted by Gasteiger charge is -2.58. The number of aromatic nitrogens is 3. The van der Waals surface area contributed by atoms with Crippen LogP contribution in [-0.2, 0) is 21.8 Å². The molecule has 0 aromatic carbocycles. The molecule has 7 unspecified atom stereocenters. The highest BCUT2D eigenvalue weighted by Gasteiger charge is 2.66. The lowest BCUT2D eigenvalue weighted by Crippen LogP contribution is -2.51. The minimum atomic E-state index is -1.05. The van der Waals surface area contributed by atoms with Gasteiger partial charge in [-0.2, -0.15) is 0 Å². The van der Waals surface area contributed by atoms with Gasteiger partial charge in [0.2, 0.25) is 0 Å². The van der Waals surface area contributed by atoms with Crippen LogP contribution < -0.4 is 0 Å². The van der Waals surface area contributed by atoms with E-state index in [-0.39, 0.29) is 5.09 Å². The quantitative estimate of drug-likeness (QED) is 0.119. The Morgan fingerprint density at radius 1 is 1.10 bits per heavy atom. The number of aryl methyl sites for hydroxylation is 1. The van der Waals surface area contributed by atoms with Crippen molar-refractivity contribution in [2.45, 2.75) is 155 Å². The topological polar surface area (TPSA) is 113 Å². The Kier molecular flexibility index (Phi) is 10.8. The Hall–Kier alpha value is -1.59. The zero-order valence-corrected chi connectivity index (χ0v) is 32.2. The summed E-state index contributed by atoms with van der Waals surface area (Å²) in [5.41, 5.74) is 3.34. The predicted molar refractivity (Wildman–Crippen MR) is 197 cm³/mol. The largest absolute Gasteiger partial charge is 0.511 e. The number of allylic oxidation sites excluding steroid dienone is 1. The normalized spacial score (nSPS) is 41.6. The molecule has 2 saturated heterocycles. The van der Waals surface area contributed by atoms with Crippen molar-refractivity contribution in [2.24, 2.45) is 46.3 Å². The fourth-order valence-electron chi connectivity index (χ4n) is 12.4. The van der Waals surface area contributed by atoms with Gasteiger partial charge in [-0.15, -0.1) is 5.10 Å². The van der Waals surface area contributed by atoms with Crippen molar-refractivity contribution >= 4 is 11.8 Å². The van der Waals surface area contributed by atoms with Gasteiger partial charge in [0.1, 0.15) is 18.5 Å². The molecule has 1 aromatic heterocycles. The predicted octanol–water partition coefficient (Wildman–Crippen LogP) is 7.10. The van der Waals surface area contributed by atoms with Crippen LogP contribution in [0.15, 0.2) is 29.2 Å². The second kappa shape index (κ2) is 14.7. The molecule has 3 saturated carbocycles.